The van der Waals surface area contributed by atoms with Crippen LogP contribution in [0.4, 0.5) is 28.4 Å². The van der Waals surface area contributed by atoms with Crippen molar-refractivity contribution in [3.8, 4) is 55.9 Å². The lowest BCUT2D eigenvalue weighted by atomic mass is 9.98. The Morgan fingerprint density at radius 3 is 1.03 bits per heavy atom. The van der Waals surface area contributed by atoms with Crippen molar-refractivity contribution < 1.29 is 0 Å². The van der Waals surface area contributed by atoms with Crippen LogP contribution in [-0.4, -0.2) is 9.13 Å². The quantitative estimate of drug-likeness (QED) is 0.140. The lowest BCUT2D eigenvalue weighted by Gasteiger charge is -2.26. The van der Waals surface area contributed by atoms with Gasteiger partial charge in [-0.1, -0.05) is 271 Å². The lowest BCUT2D eigenvalue weighted by molar-refractivity contribution is 1.18. The van der Waals surface area contributed by atoms with Gasteiger partial charge in [-0.05, 0) is 200 Å². The molecule has 97 heavy (non-hydrogen) atoms. The number of aromatic nitrogens is 2. The van der Waals surface area contributed by atoms with E-state index >= 15 is 0 Å². The summed E-state index contributed by atoms with van der Waals surface area (Å²) < 4.78 is 5.81. The Morgan fingerprint density at radius 1 is 0.227 bits per heavy atom. The van der Waals surface area contributed by atoms with Crippen molar-refractivity contribution in [2.45, 2.75) is 0 Å². The van der Waals surface area contributed by atoms with E-state index in [1.165, 1.54) is 121 Å². The molecule has 2 aromatic heterocycles. The van der Waals surface area contributed by atoms with Crippen molar-refractivity contribution in [1.29, 1.82) is 0 Å². The lowest BCUT2D eigenvalue weighted by Crippen LogP contribution is -2.09. The first-order chi connectivity index (χ1) is 48.0. The number of hydrogen-bond donors (Lipinski definition) is 1. The number of rotatable bonds is 11. The van der Waals surface area contributed by atoms with E-state index in [0.717, 1.165) is 32.9 Å². The third-order valence-electron chi connectivity index (χ3n) is 18.3. The van der Waals surface area contributed by atoms with E-state index in [2.05, 4.69) is 405 Å². The standard InChI is InChI=1S/C46H32N2.C24H16BrN.C22H17N/c1-3-14-37(15-4-1)47(40-29-24-35(25-30-40)42-20-11-13-34-12-7-8-18-41(34)42)39-27-22-33(23-28-39)36-26-31-46-44(32-36)43-19-9-10-21-45(43)48(46)38-16-5-2-6-17-38;25-19-13-10-17(11-14-19)18-12-15-24-22(16-18)21-8-4-5-9-23(21)26(24)20-6-2-1-3-7-20;1-2-9-19(10-3-1)23-20-15-13-18(14-16-20)22-12-6-8-17-7-4-5-11-21(17)22/h1-32H;1-16H;1-16,23H. The zero-order valence-electron chi connectivity index (χ0n) is 53.2. The van der Waals surface area contributed by atoms with Crippen LogP contribution in [0.2, 0.25) is 0 Å². The Labute approximate surface area is 573 Å². The molecule has 0 saturated carbocycles. The number of para-hydroxylation sites is 6. The highest BCUT2D eigenvalue weighted by molar-refractivity contribution is 9.10. The molecule has 0 atom stereocenters. The topological polar surface area (TPSA) is 25.1 Å². The van der Waals surface area contributed by atoms with Gasteiger partial charge in [0.05, 0.1) is 22.1 Å². The minimum atomic E-state index is 1.10. The number of anilines is 5. The first-order valence-corrected chi connectivity index (χ1v) is 33.7. The maximum absolute atomic E-state index is 3.52. The highest BCUT2D eigenvalue weighted by Gasteiger charge is 2.18. The third kappa shape index (κ3) is 12.2. The van der Waals surface area contributed by atoms with Crippen molar-refractivity contribution in [3.63, 3.8) is 0 Å². The molecule has 5 heteroatoms. The molecule has 2 heterocycles. The molecule has 460 valence electrons. The second kappa shape index (κ2) is 27.0. The molecule has 16 aromatic carbocycles. The van der Waals surface area contributed by atoms with Crippen molar-refractivity contribution in [2.24, 2.45) is 0 Å². The number of hydrogen-bond acceptors (Lipinski definition) is 2. The van der Waals surface area contributed by atoms with E-state index in [9.17, 15) is 0 Å². The monoisotopic (exact) mass is 1300 g/mol. The summed E-state index contributed by atoms with van der Waals surface area (Å²) in [4.78, 5) is 2.33. The Bertz CT molecular complexity index is 5740. The van der Waals surface area contributed by atoms with Gasteiger partial charge in [-0.3, -0.25) is 0 Å². The van der Waals surface area contributed by atoms with E-state index in [0.29, 0.717) is 0 Å². The molecule has 0 saturated heterocycles. The van der Waals surface area contributed by atoms with E-state index in [4.69, 9.17) is 0 Å². The number of nitrogens with zero attached hydrogens (tertiary/aromatic N) is 3. The van der Waals surface area contributed by atoms with Gasteiger partial charge in [-0.2, -0.15) is 0 Å². The average Bonchev–Trinajstić information content (AvgIpc) is 1.60. The fraction of sp³-hybridized carbons (Fsp3) is 0. The third-order valence-corrected chi connectivity index (χ3v) is 18.8. The van der Waals surface area contributed by atoms with Crippen LogP contribution in [0.5, 0.6) is 0 Å². The first-order valence-electron chi connectivity index (χ1n) is 32.9. The largest absolute Gasteiger partial charge is 0.356 e. The minimum absolute atomic E-state index is 1.10. The fourth-order valence-corrected chi connectivity index (χ4v) is 13.9. The highest BCUT2D eigenvalue weighted by Crippen LogP contribution is 2.41. The van der Waals surface area contributed by atoms with Crippen LogP contribution in [0.3, 0.4) is 0 Å². The molecule has 0 aliphatic carbocycles. The summed E-state index contributed by atoms with van der Waals surface area (Å²) in [5, 5.41) is 13.6. The molecule has 0 radical (unpaired) electrons. The van der Waals surface area contributed by atoms with Crippen LogP contribution >= 0.6 is 15.9 Å². The van der Waals surface area contributed by atoms with E-state index in [1.807, 2.05) is 18.2 Å². The van der Waals surface area contributed by atoms with Gasteiger partial charge in [0.25, 0.3) is 0 Å². The van der Waals surface area contributed by atoms with Gasteiger partial charge in [0.15, 0.2) is 0 Å². The molecule has 0 aliphatic rings. The Hall–Kier alpha value is -12.3. The fourth-order valence-electron chi connectivity index (χ4n) is 13.7. The summed E-state index contributed by atoms with van der Waals surface area (Å²) in [6.07, 6.45) is 0. The highest BCUT2D eigenvalue weighted by atomic mass is 79.9. The van der Waals surface area contributed by atoms with Gasteiger partial charge in [-0.15, -0.1) is 0 Å². The van der Waals surface area contributed by atoms with Gasteiger partial charge in [0.2, 0.25) is 0 Å². The summed E-state index contributed by atoms with van der Waals surface area (Å²) in [5.74, 6) is 0. The van der Waals surface area contributed by atoms with Gasteiger partial charge in [0.1, 0.15) is 0 Å². The summed E-state index contributed by atoms with van der Waals surface area (Å²) >= 11 is 3.52. The van der Waals surface area contributed by atoms with Crippen LogP contribution in [0, 0.1) is 0 Å². The maximum Gasteiger partial charge on any atom is 0.0541 e. The number of fused-ring (bicyclic) bond motifs is 8. The smallest absolute Gasteiger partial charge is 0.0541 e. The Kier molecular flexibility index (Phi) is 16.6. The van der Waals surface area contributed by atoms with Crippen LogP contribution in [0.15, 0.2) is 393 Å². The van der Waals surface area contributed by atoms with Gasteiger partial charge >= 0.3 is 0 Å². The molecular weight excluding hydrogens is 1240 g/mol. The van der Waals surface area contributed by atoms with Gasteiger partial charge in [-0.25, -0.2) is 0 Å². The number of halogens is 1. The predicted molar refractivity (Wildman–Crippen MR) is 417 cm³/mol. The predicted octanol–water partition coefficient (Wildman–Crippen LogP) is 26.2. The SMILES string of the molecule is Brc1ccc(-c2ccc3c(c2)c2ccccc2n3-c2ccccc2)cc1.c1ccc(N(c2ccc(-c3ccc4c(c3)c3ccccc3n4-c3ccccc3)cc2)c2ccc(-c3cccc4ccccc34)cc2)cc1.c1ccc(Nc2ccc(-c3cccc4ccccc34)cc2)cc1. The van der Waals surface area contributed by atoms with Gasteiger partial charge < -0.3 is 19.4 Å². The molecule has 18 aromatic rings. The van der Waals surface area contributed by atoms with Crippen molar-refractivity contribution in [2.75, 3.05) is 10.2 Å². The van der Waals surface area contributed by atoms with Gasteiger partial charge in [0, 0.05) is 65.8 Å². The molecule has 0 aliphatic heterocycles. The van der Waals surface area contributed by atoms with E-state index in [1.54, 1.807) is 0 Å². The average molecular weight is 1310 g/mol. The summed E-state index contributed by atoms with van der Waals surface area (Å²) in [5.41, 5.74) is 22.7. The molecule has 0 amide bonds. The molecule has 4 nitrogen and oxygen atoms in total. The number of nitrogens with one attached hydrogen (secondary N) is 1. The molecule has 0 bridgehead atoms. The number of benzene rings is 16. The van der Waals surface area contributed by atoms with Crippen molar-refractivity contribution in [1.82, 2.24) is 9.13 Å². The van der Waals surface area contributed by atoms with Crippen LogP contribution in [0.1, 0.15) is 0 Å². The summed E-state index contributed by atoms with van der Waals surface area (Å²) in [7, 11) is 0. The molecule has 0 unspecified atom stereocenters. The summed E-state index contributed by atoms with van der Waals surface area (Å²) in [6, 6.07) is 138. The molecule has 18 rings (SSSR count). The maximum atomic E-state index is 3.52. The zero-order chi connectivity index (χ0) is 64.9. The second-order valence-corrected chi connectivity index (χ2v) is 25.1. The molecule has 0 fully saturated rings. The van der Waals surface area contributed by atoms with E-state index in [-0.39, 0.29) is 0 Å². The zero-order valence-corrected chi connectivity index (χ0v) is 54.8. The van der Waals surface area contributed by atoms with E-state index < -0.39 is 0 Å². The van der Waals surface area contributed by atoms with Crippen molar-refractivity contribution in [3.05, 3.63) is 393 Å². The molecular formula is C92H65BrN4. The van der Waals surface area contributed by atoms with Crippen LogP contribution < -0.4 is 10.2 Å². The summed E-state index contributed by atoms with van der Waals surface area (Å²) in [6.45, 7) is 0. The van der Waals surface area contributed by atoms with Crippen LogP contribution in [0.25, 0.3) is 121 Å². The second-order valence-electron chi connectivity index (χ2n) is 24.2. The van der Waals surface area contributed by atoms with Crippen molar-refractivity contribution >= 4 is 110 Å². The Morgan fingerprint density at radius 2 is 0.557 bits per heavy atom. The first kappa shape index (κ1) is 59.7. The molecule has 0 spiro atoms. The Balaban J connectivity index is 0.000000126. The minimum Gasteiger partial charge on any atom is -0.356 e. The molecule has 1 N–H and O–H groups in total. The van der Waals surface area contributed by atoms with Crippen LogP contribution in [-0.2, 0) is 0 Å². The normalized spacial score (nSPS) is 11.1.